The normalized spacial score (nSPS) is 27.2. The van der Waals surface area contributed by atoms with Gasteiger partial charge in [0, 0.05) is 37.9 Å². The highest BCUT2D eigenvalue weighted by atomic mass is 16.5. The molecule has 1 aromatic rings. The van der Waals surface area contributed by atoms with E-state index in [0.29, 0.717) is 11.3 Å². The van der Waals surface area contributed by atoms with Crippen molar-refractivity contribution in [1.82, 2.24) is 14.8 Å². The van der Waals surface area contributed by atoms with E-state index in [9.17, 15) is 0 Å². The van der Waals surface area contributed by atoms with Gasteiger partial charge in [-0.2, -0.15) is 0 Å². The lowest BCUT2D eigenvalue weighted by Gasteiger charge is -2.41. The second kappa shape index (κ2) is 7.34. The number of hydrogen-bond acceptors (Lipinski definition) is 4. The molecule has 1 atom stereocenters. The van der Waals surface area contributed by atoms with Crippen molar-refractivity contribution in [1.29, 1.82) is 0 Å². The Kier molecular flexibility index (Phi) is 5.12. The van der Waals surface area contributed by atoms with Crippen LogP contribution in [0.1, 0.15) is 37.1 Å². The summed E-state index contributed by atoms with van der Waals surface area (Å²) in [5.41, 5.74) is 2.79. The zero-order chi connectivity index (χ0) is 17.3. The monoisotopic (exact) mass is 343 g/mol. The standard InChI is InChI=1S/C21H33N3O/c1-17-4-3-5-20(22-17)13-24-12-19(15-25-14-18-6-7-18)21(16-24)8-10-23(2)11-9-21/h3-5,18-19H,6-16H2,1-2H3/t19-/m1/s1. The highest BCUT2D eigenvalue weighted by Gasteiger charge is 2.47. The summed E-state index contributed by atoms with van der Waals surface area (Å²) in [5, 5.41) is 0. The SMILES string of the molecule is Cc1cccc(CN2C[C@H](COCC3CC3)C3(CCN(C)CC3)C2)n1. The Morgan fingerprint density at radius 2 is 2.00 bits per heavy atom. The van der Waals surface area contributed by atoms with Crippen LogP contribution in [0.5, 0.6) is 0 Å². The molecule has 1 aromatic heterocycles. The quantitative estimate of drug-likeness (QED) is 0.794. The summed E-state index contributed by atoms with van der Waals surface area (Å²) in [4.78, 5) is 9.84. The largest absolute Gasteiger partial charge is 0.381 e. The topological polar surface area (TPSA) is 28.6 Å². The van der Waals surface area contributed by atoms with Crippen LogP contribution in [0.3, 0.4) is 0 Å². The summed E-state index contributed by atoms with van der Waals surface area (Å²) in [6.07, 6.45) is 5.40. The molecule has 3 heterocycles. The average Bonchev–Trinajstić information content (AvgIpc) is 3.35. The van der Waals surface area contributed by atoms with Crippen molar-refractivity contribution in [3.63, 3.8) is 0 Å². The molecule has 0 bridgehead atoms. The summed E-state index contributed by atoms with van der Waals surface area (Å²) < 4.78 is 6.16. The van der Waals surface area contributed by atoms with Gasteiger partial charge in [0.1, 0.15) is 0 Å². The van der Waals surface area contributed by atoms with E-state index in [4.69, 9.17) is 9.72 Å². The Bertz CT molecular complexity index is 578. The third kappa shape index (κ3) is 4.24. The molecule has 25 heavy (non-hydrogen) atoms. The van der Waals surface area contributed by atoms with Crippen molar-refractivity contribution < 1.29 is 4.74 Å². The number of aromatic nitrogens is 1. The Balaban J connectivity index is 1.41. The Labute approximate surface area is 152 Å². The van der Waals surface area contributed by atoms with Crippen LogP contribution in [-0.4, -0.2) is 61.2 Å². The van der Waals surface area contributed by atoms with Gasteiger partial charge in [0.2, 0.25) is 0 Å². The third-order valence-electron chi connectivity index (χ3n) is 6.57. The minimum Gasteiger partial charge on any atom is -0.381 e. The number of rotatable bonds is 6. The van der Waals surface area contributed by atoms with Gasteiger partial charge < -0.3 is 9.64 Å². The van der Waals surface area contributed by atoms with E-state index in [0.717, 1.165) is 31.4 Å². The lowest BCUT2D eigenvalue weighted by atomic mass is 9.71. The fraction of sp³-hybridized carbons (Fsp3) is 0.762. The van der Waals surface area contributed by atoms with E-state index >= 15 is 0 Å². The molecule has 3 aliphatic rings. The van der Waals surface area contributed by atoms with Gasteiger partial charge in [0.25, 0.3) is 0 Å². The Morgan fingerprint density at radius 3 is 2.72 bits per heavy atom. The summed E-state index contributed by atoms with van der Waals surface area (Å²) in [5.74, 6) is 1.55. The molecule has 2 aliphatic heterocycles. The zero-order valence-electron chi connectivity index (χ0n) is 15.9. The van der Waals surface area contributed by atoms with Crippen LogP contribution < -0.4 is 0 Å². The number of hydrogen-bond donors (Lipinski definition) is 0. The molecule has 1 aliphatic carbocycles. The van der Waals surface area contributed by atoms with Crippen LogP contribution in [0.4, 0.5) is 0 Å². The predicted molar refractivity (Wildman–Crippen MR) is 100 cm³/mol. The van der Waals surface area contributed by atoms with Gasteiger partial charge in [-0.15, -0.1) is 0 Å². The molecular formula is C21H33N3O. The first kappa shape index (κ1) is 17.4. The second-order valence-corrected chi connectivity index (χ2v) is 8.78. The van der Waals surface area contributed by atoms with Crippen molar-refractivity contribution in [3.05, 3.63) is 29.6 Å². The number of nitrogens with zero attached hydrogens (tertiary/aromatic N) is 3. The van der Waals surface area contributed by atoms with E-state index in [-0.39, 0.29) is 0 Å². The summed E-state index contributed by atoms with van der Waals surface area (Å²) in [6, 6.07) is 6.39. The number of pyridine rings is 1. The van der Waals surface area contributed by atoms with Crippen LogP contribution in [0.25, 0.3) is 0 Å². The predicted octanol–water partition coefficient (Wildman–Crippen LogP) is 2.96. The van der Waals surface area contributed by atoms with Crippen LogP contribution in [0.15, 0.2) is 18.2 Å². The molecular weight excluding hydrogens is 310 g/mol. The molecule has 3 fully saturated rings. The van der Waals surface area contributed by atoms with Crippen molar-refractivity contribution in [3.8, 4) is 0 Å². The van der Waals surface area contributed by atoms with Crippen molar-refractivity contribution in [2.45, 2.75) is 39.2 Å². The molecule has 4 nitrogen and oxygen atoms in total. The minimum absolute atomic E-state index is 0.458. The average molecular weight is 344 g/mol. The fourth-order valence-electron chi connectivity index (χ4n) is 4.70. The van der Waals surface area contributed by atoms with Gasteiger partial charge in [-0.3, -0.25) is 9.88 Å². The lowest BCUT2D eigenvalue weighted by molar-refractivity contribution is 0.0231. The van der Waals surface area contributed by atoms with Gasteiger partial charge in [-0.05, 0) is 76.2 Å². The Hall–Kier alpha value is -0.970. The minimum atomic E-state index is 0.458. The maximum Gasteiger partial charge on any atom is 0.0547 e. The van der Waals surface area contributed by atoms with Crippen LogP contribution in [-0.2, 0) is 11.3 Å². The summed E-state index contributed by atoms with van der Waals surface area (Å²) >= 11 is 0. The smallest absolute Gasteiger partial charge is 0.0547 e. The first-order chi connectivity index (χ1) is 12.1. The maximum atomic E-state index is 6.16. The van der Waals surface area contributed by atoms with E-state index < -0.39 is 0 Å². The molecule has 0 N–H and O–H groups in total. The number of likely N-dealkylation sites (tertiary alicyclic amines) is 2. The van der Waals surface area contributed by atoms with E-state index in [1.165, 1.54) is 57.6 Å². The first-order valence-corrected chi connectivity index (χ1v) is 10.0. The fourth-order valence-corrected chi connectivity index (χ4v) is 4.70. The van der Waals surface area contributed by atoms with Crippen molar-refractivity contribution in [2.24, 2.45) is 17.3 Å². The van der Waals surface area contributed by atoms with Gasteiger partial charge in [0.15, 0.2) is 0 Å². The van der Waals surface area contributed by atoms with Gasteiger partial charge in [-0.1, -0.05) is 6.07 Å². The van der Waals surface area contributed by atoms with Crippen LogP contribution in [0.2, 0.25) is 0 Å². The Morgan fingerprint density at radius 1 is 1.20 bits per heavy atom. The summed E-state index contributed by atoms with van der Waals surface area (Å²) in [6.45, 7) is 9.87. The molecule has 0 aromatic carbocycles. The van der Waals surface area contributed by atoms with Gasteiger partial charge >= 0.3 is 0 Å². The van der Waals surface area contributed by atoms with Crippen LogP contribution >= 0.6 is 0 Å². The van der Waals surface area contributed by atoms with Gasteiger partial charge in [-0.25, -0.2) is 0 Å². The highest BCUT2D eigenvalue weighted by Crippen LogP contribution is 2.45. The number of ether oxygens (including phenoxy) is 1. The van der Waals surface area contributed by atoms with Gasteiger partial charge in [0.05, 0.1) is 12.3 Å². The molecule has 1 saturated carbocycles. The molecule has 0 radical (unpaired) electrons. The zero-order valence-corrected chi connectivity index (χ0v) is 15.9. The van der Waals surface area contributed by atoms with Crippen molar-refractivity contribution >= 4 is 0 Å². The first-order valence-electron chi connectivity index (χ1n) is 10.0. The van der Waals surface area contributed by atoms with E-state index in [2.05, 4.69) is 42.0 Å². The molecule has 2 saturated heterocycles. The van der Waals surface area contributed by atoms with E-state index in [1.807, 2.05) is 0 Å². The number of aryl methyl sites for hydroxylation is 1. The van der Waals surface area contributed by atoms with Crippen molar-refractivity contribution in [2.75, 3.05) is 46.4 Å². The highest BCUT2D eigenvalue weighted by molar-refractivity contribution is 5.11. The molecule has 1 spiro atoms. The molecule has 138 valence electrons. The molecule has 0 unspecified atom stereocenters. The molecule has 4 heteroatoms. The van der Waals surface area contributed by atoms with Crippen LogP contribution in [0, 0.1) is 24.2 Å². The summed E-state index contributed by atoms with van der Waals surface area (Å²) in [7, 11) is 2.26. The van der Waals surface area contributed by atoms with E-state index in [1.54, 1.807) is 0 Å². The maximum absolute atomic E-state index is 6.16. The lowest BCUT2D eigenvalue weighted by Crippen LogP contribution is -2.43. The number of piperidine rings is 1. The molecule has 0 amide bonds. The molecule has 4 rings (SSSR count). The third-order valence-corrected chi connectivity index (χ3v) is 6.57. The second-order valence-electron chi connectivity index (χ2n) is 8.78.